The molecule has 1 atom stereocenters. The van der Waals surface area contributed by atoms with Gasteiger partial charge in [-0.2, -0.15) is 0 Å². The summed E-state index contributed by atoms with van der Waals surface area (Å²) < 4.78 is 12.4. The van der Waals surface area contributed by atoms with Crippen molar-refractivity contribution < 1.29 is 19.1 Å². The van der Waals surface area contributed by atoms with Crippen LogP contribution >= 0.6 is 0 Å². The first-order valence-corrected chi connectivity index (χ1v) is 10.0. The third-order valence-electron chi connectivity index (χ3n) is 5.43. The number of oxime groups is 1. The zero-order valence-corrected chi connectivity index (χ0v) is 17.5. The molecule has 8 heteroatoms. The molecule has 0 aliphatic carbocycles. The molecule has 1 aromatic carbocycles. The van der Waals surface area contributed by atoms with Crippen LogP contribution in [-0.2, 0) is 14.4 Å². The maximum atomic E-state index is 11.8. The Hall–Kier alpha value is -3.29. The minimum absolute atomic E-state index is 0.0601. The Bertz CT molecular complexity index is 995. The zero-order valence-electron chi connectivity index (χ0n) is 17.5. The van der Waals surface area contributed by atoms with Gasteiger partial charge in [-0.05, 0) is 49.1 Å². The van der Waals surface area contributed by atoms with Gasteiger partial charge in [0.15, 0.2) is 5.84 Å². The van der Waals surface area contributed by atoms with Crippen molar-refractivity contribution in [2.45, 2.75) is 32.2 Å². The average molecular weight is 410 g/mol. The van der Waals surface area contributed by atoms with Crippen molar-refractivity contribution in [3.8, 4) is 11.4 Å². The third-order valence-corrected chi connectivity index (χ3v) is 5.43. The number of esters is 1. The zero-order chi connectivity index (χ0) is 21.1. The number of hydrogen-bond acceptors (Lipinski definition) is 7. The molecular formula is C22H26N4O4. The predicted molar refractivity (Wildman–Crippen MR) is 113 cm³/mol. The maximum absolute atomic E-state index is 11.8. The fraction of sp³-hybridized carbons (Fsp3) is 0.409. The molecule has 158 valence electrons. The Morgan fingerprint density at radius 1 is 1.37 bits per heavy atom. The van der Waals surface area contributed by atoms with E-state index in [1.807, 2.05) is 29.8 Å². The van der Waals surface area contributed by atoms with Crippen LogP contribution in [0.2, 0.25) is 0 Å². The number of benzene rings is 1. The number of carbonyl (C=O) groups excluding carboxylic acids is 1. The van der Waals surface area contributed by atoms with Gasteiger partial charge in [0.2, 0.25) is 0 Å². The highest BCUT2D eigenvalue weighted by Gasteiger charge is 2.33. The van der Waals surface area contributed by atoms with Crippen LogP contribution in [0.3, 0.4) is 0 Å². The van der Waals surface area contributed by atoms with E-state index in [0.717, 1.165) is 53.5 Å². The number of aromatic nitrogens is 2. The smallest absolute Gasteiger partial charge is 0.307 e. The van der Waals surface area contributed by atoms with Gasteiger partial charge in [-0.25, -0.2) is 4.98 Å². The molecule has 0 saturated carbocycles. The summed E-state index contributed by atoms with van der Waals surface area (Å²) in [5.41, 5.74) is 3.98. The number of aryl methyl sites for hydroxylation is 1. The minimum Gasteiger partial charge on any atom is -0.495 e. The largest absolute Gasteiger partial charge is 0.495 e. The molecular weight excluding hydrogens is 384 g/mol. The Kier molecular flexibility index (Phi) is 5.74. The number of hydrogen-bond donors (Lipinski definition) is 0. The summed E-state index contributed by atoms with van der Waals surface area (Å²) in [6, 6.07) is 6.02. The van der Waals surface area contributed by atoms with Crippen LogP contribution in [0.25, 0.3) is 11.8 Å². The topological polar surface area (TPSA) is 78.2 Å². The highest BCUT2D eigenvalue weighted by molar-refractivity contribution is 6.03. The fourth-order valence-corrected chi connectivity index (χ4v) is 3.92. The first-order valence-electron chi connectivity index (χ1n) is 10.0. The Morgan fingerprint density at radius 3 is 2.97 bits per heavy atom. The highest BCUT2D eigenvalue weighted by Crippen LogP contribution is 2.30. The van der Waals surface area contributed by atoms with Crippen molar-refractivity contribution in [2.24, 2.45) is 5.16 Å². The van der Waals surface area contributed by atoms with Crippen LogP contribution in [0.4, 0.5) is 0 Å². The Morgan fingerprint density at radius 2 is 2.23 bits per heavy atom. The number of nitrogens with zero attached hydrogens (tertiary/aromatic N) is 4. The van der Waals surface area contributed by atoms with E-state index in [9.17, 15) is 4.79 Å². The summed E-state index contributed by atoms with van der Waals surface area (Å²) in [4.78, 5) is 23.7. The monoisotopic (exact) mass is 410 g/mol. The van der Waals surface area contributed by atoms with Crippen molar-refractivity contribution in [3.05, 3.63) is 47.6 Å². The number of methoxy groups -OCH3 is 2. The molecule has 30 heavy (non-hydrogen) atoms. The van der Waals surface area contributed by atoms with E-state index < -0.39 is 0 Å². The summed E-state index contributed by atoms with van der Waals surface area (Å²) in [6.45, 7) is 3.19. The second kappa shape index (κ2) is 8.61. The van der Waals surface area contributed by atoms with Crippen LogP contribution in [0.5, 0.6) is 5.75 Å². The van der Waals surface area contributed by atoms with Crippen molar-refractivity contribution >= 4 is 17.9 Å². The molecule has 1 fully saturated rings. The lowest BCUT2D eigenvalue weighted by Crippen LogP contribution is -2.50. The standard InChI is InChI=1S/C22H26N4O4/c1-15-12-25(14-23-15)19-7-6-16(10-20(19)28-2)9-17-5-4-8-26-18(11-21(27)29-3)13-30-24-22(17)26/h6-7,9-10,12,14,18H,4-5,8,11,13H2,1-3H3/t18-/m0/s1. The molecule has 4 rings (SSSR count). The first-order chi connectivity index (χ1) is 14.6. The van der Waals surface area contributed by atoms with Crippen molar-refractivity contribution in [3.63, 3.8) is 0 Å². The Balaban J connectivity index is 1.61. The van der Waals surface area contributed by atoms with E-state index in [1.165, 1.54) is 7.11 Å². The van der Waals surface area contributed by atoms with E-state index >= 15 is 0 Å². The third kappa shape index (κ3) is 4.03. The fourth-order valence-electron chi connectivity index (χ4n) is 3.92. The second-order valence-corrected chi connectivity index (χ2v) is 7.46. The van der Waals surface area contributed by atoms with Gasteiger partial charge >= 0.3 is 5.97 Å². The molecule has 2 aliphatic heterocycles. The Labute approximate surface area is 175 Å². The molecule has 0 spiro atoms. The van der Waals surface area contributed by atoms with Gasteiger partial charge in [0.25, 0.3) is 0 Å². The number of amidine groups is 1. The van der Waals surface area contributed by atoms with Crippen molar-refractivity contribution in [2.75, 3.05) is 27.4 Å². The number of carbonyl (C=O) groups is 1. The molecule has 1 saturated heterocycles. The van der Waals surface area contributed by atoms with Gasteiger partial charge in [-0.1, -0.05) is 11.2 Å². The molecule has 0 unspecified atom stereocenters. The van der Waals surface area contributed by atoms with Crippen molar-refractivity contribution in [1.29, 1.82) is 0 Å². The van der Waals surface area contributed by atoms with Gasteiger partial charge in [-0.15, -0.1) is 0 Å². The minimum atomic E-state index is -0.240. The van der Waals surface area contributed by atoms with E-state index in [-0.39, 0.29) is 18.4 Å². The quantitative estimate of drug-likeness (QED) is 0.706. The molecule has 0 radical (unpaired) electrons. The van der Waals surface area contributed by atoms with E-state index in [2.05, 4.69) is 27.2 Å². The summed E-state index contributed by atoms with van der Waals surface area (Å²) in [7, 11) is 3.07. The normalized spacial score (nSPS) is 19.7. The lowest BCUT2D eigenvalue weighted by molar-refractivity contribution is -0.142. The first kappa shape index (κ1) is 20.0. The molecule has 2 aromatic rings. The molecule has 3 heterocycles. The van der Waals surface area contributed by atoms with Crippen LogP contribution < -0.4 is 4.74 Å². The second-order valence-electron chi connectivity index (χ2n) is 7.46. The SMILES string of the molecule is COC(=O)C[C@H]1CON=C2C(=Cc3ccc(-n4cnc(C)c4)c(OC)c3)CCCN21. The van der Waals surface area contributed by atoms with E-state index in [4.69, 9.17) is 14.3 Å². The molecule has 0 bridgehead atoms. The van der Waals surface area contributed by atoms with Gasteiger partial charge in [-0.3, -0.25) is 4.79 Å². The molecule has 1 aromatic heterocycles. The van der Waals surface area contributed by atoms with Gasteiger partial charge < -0.3 is 23.8 Å². The predicted octanol–water partition coefficient (Wildman–Crippen LogP) is 2.94. The van der Waals surface area contributed by atoms with Gasteiger partial charge in [0.05, 0.1) is 44.4 Å². The average Bonchev–Trinajstić information content (AvgIpc) is 3.20. The number of rotatable bonds is 5. The molecule has 2 aliphatic rings. The number of imidazole rings is 1. The van der Waals surface area contributed by atoms with Crippen LogP contribution in [0.1, 0.15) is 30.5 Å². The number of fused-ring (bicyclic) bond motifs is 1. The number of ether oxygens (including phenoxy) is 2. The van der Waals surface area contributed by atoms with Crippen LogP contribution in [0.15, 0.2) is 41.5 Å². The van der Waals surface area contributed by atoms with E-state index in [1.54, 1.807) is 13.4 Å². The van der Waals surface area contributed by atoms with E-state index in [0.29, 0.717) is 6.61 Å². The van der Waals surface area contributed by atoms with Gasteiger partial charge in [0.1, 0.15) is 12.4 Å². The molecule has 0 amide bonds. The molecule has 0 N–H and O–H groups in total. The maximum Gasteiger partial charge on any atom is 0.307 e. The summed E-state index contributed by atoms with van der Waals surface area (Å²) in [5.74, 6) is 1.32. The summed E-state index contributed by atoms with van der Waals surface area (Å²) in [5, 5.41) is 4.30. The lowest BCUT2D eigenvalue weighted by atomic mass is 9.97. The van der Waals surface area contributed by atoms with Crippen LogP contribution in [0, 0.1) is 6.92 Å². The number of piperidine rings is 1. The van der Waals surface area contributed by atoms with Crippen LogP contribution in [-0.4, -0.2) is 59.7 Å². The summed E-state index contributed by atoms with van der Waals surface area (Å²) >= 11 is 0. The summed E-state index contributed by atoms with van der Waals surface area (Å²) in [6.07, 6.45) is 8.03. The van der Waals surface area contributed by atoms with Gasteiger partial charge in [0, 0.05) is 12.7 Å². The highest BCUT2D eigenvalue weighted by atomic mass is 16.6. The van der Waals surface area contributed by atoms with Crippen molar-refractivity contribution in [1.82, 2.24) is 14.5 Å². The lowest BCUT2D eigenvalue weighted by Gasteiger charge is -2.39. The molecule has 8 nitrogen and oxygen atoms in total.